The maximum atomic E-state index is 13.1. The van der Waals surface area contributed by atoms with E-state index in [0.717, 1.165) is 5.69 Å². The molecule has 1 rings (SSSR count). The number of methoxy groups -OCH3 is 1. The molecule has 0 amide bonds. The van der Waals surface area contributed by atoms with E-state index in [2.05, 4.69) is 5.32 Å². The maximum Gasteiger partial charge on any atom is 0.165 e. The molecule has 4 heteroatoms. The van der Waals surface area contributed by atoms with Gasteiger partial charge in [0.1, 0.15) is 0 Å². The van der Waals surface area contributed by atoms with Crippen molar-refractivity contribution >= 4 is 5.69 Å². The van der Waals surface area contributed by atoms with Crippen molar-refractivity contribution in [1.29, 1.82) is 0 Å². The minimum atomic E-state index is -0.355. The largest absolute Gasteiger partial charge is 0.494 e. The highest BCUT2D eigenvalue weighted by Gasteiger charge is 2.02. The Morgan fingerprint density at radius 1 is 1.38 bits per heavy atom. The fourth-order valence-electron chi connectivity index (χ4n) is 1.26. The van der Waals surface area contributed by atoms with E-state index < -0.39 is 0 Å². The molecule has 1 aromatic carbocycles. The van der Waals surface area contributed by atoms with Crippen LogP contribution in [-0.2, 0) is 4.74 Å². The predicted octanol–water partition coefficient (Wildman–Crippen LogP) is 2.67. The second kappa shape index (κ2) is 6.33. The quantitative estimate of drug-likeness (QED) is 0.758. The molecule has 0 unspecified atom stereocenters. The lowest BCUT2D eigenvalue weighted by molar-refractivity contribution is 0.0870. The van der Waals surface area contributed by atoms with Crippen LogP contribution in [0.2, 0.25) is 0 Å². The van der Waals surface area contributed by atoms with Gasteiger partial charge in [-0.25, -0.2) is 4.39 Å². The van der Waals surface area contributed by atoms with Crippen LogP contribution in [0.5, 0.6) is 5.75 Å². The number of ether oxygens (including phenoxy) is 2. The summed E-state index contributed by atoms with van der Waals surface area (Å²) < 4.78 is 23.3. The minimum Gasteiger partial charge on any atom is -0.494 e. The fourth-order valence-corrected chi connectivity index (χ4v) is 1.26. The third kappa shape index (κ3) is 4.06. The third-order valence-corrected chi connectivity index (χ3v) is 2.03. The average Bonchev–Trinajstić information content (AvgIpc) is 2.26. The van der Waals surface area contributed by atoms with Crippen LogP contribution in [0.15, 0.2) is 18.2 Å². The normalized spacial score (nSPS) is 10.6. The molecule has 0 aliphatic rings. The third-order valence-electron chi connectivity index (χ3n) is 2.03. The van der Waals surface area contributed by atoms with Crippen LogP contribution in [-0.4, -0.2) is 26.4 Å². The molecule has 0 heterocycles. The van der Waals surface area contributed by atoms with E-state index in [1.54, 1.807) is 12.1 Å². The number of hydrogen-bond acceptors (Lipinski definition) is 3. The lowest BCUT2D eigenvalue weighted by Gasteiger charge is -2.10. The molecule has 90 valence electrons. The Kier molecular flexibility index (Phi) is 5.05. The van der Waals surface area contributed by atoms with Gasteiger partial charge in [-0.2, -0.15) is 0 Å². The van der Waals surface area contributed by atoms with E-state index in [1.165, 1.54) is 13.2 Å². The van der Waals surface area contributed by atoms with Gasteiger partial charge in [-0.1, -0.05) is 0 Å². The van der Waals surface area contributed by atoms with Crippen molar-refractivity contribution in [1.82, 2.24) is 0 Å². The lowest BCUT2D eigenvalue weighted by atomic mass is 10.3. The zero-order valence-electron chi connectivity index (χ0n) is 9.92. The summed E-state index contributed by atoms with van der Waals surface area (Å²) >= 11 is 0. The van der Waals surface area contributed by atoms with E-state index in [9.17, 15) is 4.39 Å². The van der Waals surface area contributed by atoms with Gasteiger partial charge in [0.25, 0.3) is 0 Å². The molecular formula is C12H18FNO2. The molecule has 0 fully saturated rings. The van der Waals surface area contributed by atoms with Gasteiger partial charge < -0.3 is 14.8 Å². The van der Waals surface area contributed by atoms with Crippen LogP contribution < -0.4 is 10.1 Å². The molecule has 1 aromatic rings. The number of benzene rings is 1. The molecule has 0 aliphatic carbocycles. The van der Waals surface area contributed by atoms with Crippen molar-refractivity contribution in [3.05, 3.63) is 24.0 Å². The summed E-state index contributed by atoms with van der Waals surface area (Å²) in [6, 6.07) is 4.68. The van der Waals surface area contributed by atoms with Crippen molar-refractivity contribution in [2.24, 2.45) is 0 Å². The van der Waals surface area contributed by atoms with Gasteiger partial charge in [-0.05, 0) is 26.0 Å². The first-order chi connectivity index (χ1) is 7.63. The van der Waals surface area contributed by atoms with Crippen molar-refractivity contribution in [2.75, 3.05) is 25.6 Å². The molecule has 0 spiro atoms. The minimum absolute atomic E-state index is 0.226. The second-order valence-electron chi connectivity index (χ2n) is 3.70. The van der Waals surface area contributed by atoms with E-state index in [4.69, 9.17) is 9.47 Å². The highest BCUT2D eigenvalue weighted by molar-refractivity contribution is 5.48. The summed E-state index contributed by atoms with van der Waals surface area (Å²) in [4.78, 5) is 0. The molecule has 0 saturated carbocycles. The molecular weight excluding hydrogens is 209 g/mol. The van der Waals surface area contributed by atoms with E-state index in [-0.39, 0.29) is 17.7 Å². The van der Waals surface area contributed by atoms with E-state index >= 15 is 0 Å². The Bertz CT molecular complexity index is 329. The van der Waals surface area contributed by atoms with Gasteiger partial charge in [-0.15, -0.1) is 0 Å². The summed E-state index contributed by atoms with van der Waals surface area (Å²) in [5, 5.41) is 3.13. The van der Waals surface area contributed by atoms with Crippen LogP contribution in [0.25, 0.3) is 0 Å². The molecule has 16 heavy (non-hydrogen) atoms. The topological polar surface area (TPSA) is 30.5 Å². The Labute approximate surface area is 95.6 Å². The van der Waals surface area contributed by atoms with Crippen molar-refractivity contribution in [2.45, 2.75) is 20.0 Å². The van der Waals surface area contributed by atoms with E-state index in [0.29, 0.717) is 13.2 Å². The summed E-state index contributed by atoms with van der Waals surface area (Å²) in [6.45, 7) is 5.28. The summed E-state index contributed by atoms with van der Waals surface area (Å²) in [7, 11) is 1.45. The summed E-state index contributed by atoms with van der Waals surface area (Å²) in [6.07, 6.45) is 0.226. The zero-order chi connectivity index (χ0) is 12.0. The summed E-state index contributed by atoms with van der Waals surface area (Å²) in [5.74, 6) is -0.110. The molecule has 0 aromatic heterocycles. The van der Waals surface area contributed by atoms with Gasteiger partial charge in [-0.3, -0.25) is 0 Å². The molecule has 3 nitrogen and oxygen atoms in total. The first kappa shape index (κ1) is 12.8. The van der Waals surface area contributed by atoms with E-state index in [1.807, 2.05) is 13.8 Å². The molecule has 0 aliphatic heterocycles. The Morgan fingerprint density at radius 2 is 2.12 bits per heavy atom. The van der Waals surface area contributed by atoms with Gasteiger partial charge >= 0.3 is 0 Å². The molecule has 0 radical (unpaired) electrons. The smallest absolute Gasteiger partial charge is 0.165 e. The zero-order valence-corrected chi connectivity index (χ0v) is 9.92. The number of rotatable bonds is 6. The Hall–Kier alpha value is -1.29. The highest BCUT2D eigenvalue weighted by atomic mass is 19.1. The highest BCUT2D eigenvalue weighted by Crippen LogP contribution is 2.21. The monoisotopic (exact) mass is 227 g/mol. The first-order valence-electron chi connectivity index (χ1n) is 5.32. The molecule has 0 bridgehead atoms. The Morgan fingerprint density at radius 3 is 2.75 bits per heavy atom. The fraction of sp³-hybridized carbons (Fsp3) is 0.500. The van der Waals surface area contributed by atoms with Crippen molar-refractivity contribution in [3.63, 3.8) is 0 Å². The number of nitrogens with one attached hydrogen (secondary N) is 1. The van der Waals surface area contributed by atoms with Gasteiger partial charge in [0.15, 0.2) is 11.6 Å². The number of anilines is 1. The van der Waals surface area contributed by atoms with Crippen LogP contribution in [0, 0.1) is 5.82 Å². The van der Waals surface area contributed by atoms with Gasteiger partial charge in [0.05, 0.1) is 19.8 Å². The van der Waals surface area contributed by atoms with Gasteiger partial charge in [0.2, 0.25) is 0 Å². The second-order valence-corrected chi connectivity index (χ2v) is 3.70. The molecule has 0 saturated heterocycles. The average molecular weight is 227 g/mol. The number of halogens is 1. The Balaban J connectivity index is 2.42. The summed E-state index contributed by atoms with van der Waals surface area (Å²) in [5.41, 5.74) is 0.825. The van der Waals surface area contributed by atoms with Gasteiger partial charge in [0, 0.05) is 18.3 Å². The van der Waals surface area contributed by atoms with Crippen LogP contribution in [0.4, 0.5) is 10.1 Å². The SMILES string of the molecule is COc1cc(NCCOC(C)C)ccc1F. The van der Waals surface area contributed by atoms with Crippen LogP contribution in [0.3, 0.4) is 0 Å². The first-order valence-corrected chi connectivity index (χ1v) is 5.32. The number of hydrogen-bond donors (Lipinski definition) is 1. The van der Waals surface area contributed by atoms with Crippen LogP contribution in [0.1, 0.15) is 13.8 Å². The molecule has 1 N–H and O–H groups in total. The molecule has 0 atom stereocenters. The lowest BCUT2D eigenvalue weighted by Crippen LogP contribution is -2.13. The van der Waals surface area contributed by atoms with Crippen LogP contribution >= 0.6 is 0 Å². The predicted molar refractivity (Wildman–Crippen MR) is 62.5 cm³/mol. The van der Waals surface area contributed by atoms with Crippen molar-refractivity contribution in [3.8, 4) is 5.75 Å². The maximum absolute atomic E-state index is 13.1. The standard InChI is InChI=1S/C12H18FNO2/c1-9(2)16-7-6-14-10-4-5-11(13)12(8-10)15-3/h4-5,8-9,14H,6-7H2,1-3H3. The van der Waals surface area contributed by atoms with Crippen molar-refractivity contribution < 1.29 is 13.9 Å².